The summed E-state index contributed by atoms with van der Waals surface area (Å²) in [4.78, 5) is 30.9. The molecule has 1 spiro atoms. The number of fused-ring (bicyclic) bond motifs is 3. The summed E-state index contributed by atoms with van der Waals surface area (Å²) < 4.78 is 0. The lowest BCUT2D eigenvalue weighted by Gasteiger charge is -2.40. The average Bonchev–Trinajstić information content (AvgIpc) is 3.51. The van der Waals surface area contributed by atoms with E-state index in [9.17, 15) is 9.59 Å². The van der Waals surface area contributed by atoms with Gasteiger partial charge in [-0.05, 0) is 60.7 Å². The van der Waals surface area contributed by atoms with Crippen molar-refractivity contribution in [1.29, 1.82) is 0 Å². The second-order valence-corrected chi connectivity index (χ2v) is 10.6. The fourth-order valence-corrected chi connectivity index (χ4v) is 6.53. The lowest BCUT2D eigenvalue weighted by molar-refractivity contribution is -0.132. The van der Waals surface area contributed by atoms with Crippen molar-refractivity contribution in [3.05, 3.63) is 107 Å². The van der Waals surface area contributed by atoms with E-state index < -0.39 is 6.04 Å². The normalized spacial score (nSPS) is 18.7. The summed E-state index contributed by atoms with van der Waals surface area (Å²) in [5.41, 5.74) is 5.46. The van der Waals surface area contributed by atoms with E-state index in [1.54, 1.807) is 0 Å². The monoisotopic (exact) mass is 506 g/mol. The number of aromatic amines is 1. The molecular formula is C32H34N4O2. The molecule has 1 unspecified atom stereocenters. The molecule has 4 aromatic rings. The van der Waals surface area contributed by atoms with Crippen LogP contribution in [0, 0.1) is 5.92 Å². The minimum Gasteiger partial charge on any atom is -0.361 e. The summed E-state index contributed by atoms with van der Waals surface area (Å²) in [6.07, 6.45) is 4.94. The zero-order valence-corrected chi connectivity index (χ0v) is 21.5. The highest BCUT2D eigenvalue weighted by Gasteiger charge is 2.50. The number of carbonyl (C=O) groups is 2. The van der Waals surface area contributed by atoms with Crippen LogP contribution in [0.1, 0.15) is 35.1 Å². The number of aromatic nitrogens is 1. The summed E-state index contributed by atoms with van der Waals surface area (Å²) in [6, 6.07) is 25.8. The van der Waals surface area contributed by atoms with Crippen molar-refractivity contribution in [3.63, 3.8) is 0 Å². The van der Waals surface area contributed by atoms with Gasteiger partial charge in [0.15, 0.2) is 0 Å². The van der Waals surface area contributed by atoms with Crippen LogP contribution < -0.4 is 16.0 Å². The standard InChI is InChI=1S/C32H34N4O2/c37-30(27-18-23-10-4-6-12-26(23)32(27)14-16-33-17-15-32)36-29(31(38)35-20-22-8-2-1-3-9-22)19-24-21-34-28-13-7-5-11-25(24)28/h1-13,21,27,29,33-34H,14-20H2,(H,35,38)(H,36,37)/t27?,29-/m0/s1. The third kappa shape index (κ3) is 4.61. The number of carbonyl (C=O) groups excluding carboxylic acids is 2. The third-order valence-electron chi connectivity index (χ3n) is 8.50. The molecule has 38 heavy (non-hydrogen) atoms. The van der Waals surface area contributed by atoms with E-state index in [1.165, 1.54) is 11.1 Å². The quantitative estimate of drug-likeness (QED) is 0.306. The van der Waals surface area contributed by atoms with Crippen LogP contribution in [-0.2, 0) is 34.4 Å². The van der Waals surface area contributed by atoms with E-state index in [2.05, 4.69) is 51.3 Å². The third-order valence-corrected chi connectivity index (χ3v) is 8.50. The Kier molecular flexibility index (Phi) is 6.73. The van der Waals surface area contributed by atoms with Crippen LogP contribution in [0.2, 0.25) is 0 Å². The lowest BCUT2D eigenvalue weighted by atomic mass is 9.68. The Bertz CT molecular complexity index is 1440. The Morgan fingerprint density at radius 2 is 1.66 bits per heavy atom. The first-order valence-electron chi connectivity index (χ1n) is 13.6. The number of H-pyrrole nitrogens is 1. The summed E-state index contributed by atoms with van der Waals surface area (Å²) in [6.45, 7) is 2.22. The Morgan fingerprint density at radius 1 is 0.921 bits per heavy atom. The van der Waals surface area contributed by atoms with Crippen molar-refractivity contribution in [2.24, 2.45) is 5.92 Å². The minimum absolute atomic E-state index is 0.0252. The second-order valence-electron chi connectivity index (χ2n) is 10.6. The Labute approximate surface area is 223 Å². The number of piperidine rings is 1. The van der Waals surface area contributed by atoms with Crippen molar-refractivity contribution in [1.82, 2.24) is 20.9 Å². The van der Waals surface area contributed by atoms with Gasteiger partial charge in [0.25, 0.3) is 0 Å². The van der Waals surface area contributed by atoms with Gasteiger partial charge in [0, 0.05) is 35.5 Å². The molecule has 0 saturated carbocycles. The van der Waals surface area contributed by atoms with Crippen LogP contribution >= 0.6 is 0 Å². The molecule has 6 heteroatoms. The number of para-hydroxylation sites is 1. The van der Waals surface area contributed by atoms with Gasteiger partial charge in [-0.3, -0.25) is 9.59 Å². The zero-order chi connectivity index (χ0) is 26.0. The largest absolute Gasteiger partial charge is 0.361 e. The molecule has 2 aliphatic rings. The molecule has 1 fully saturated rings. The van der Waals surface area contributed by atoms with Gasteiger partial charge < -0.3 is 20.9 Å². The van der Waals surface area contributed by atoms with Crippen molar-refractivity contribution in [2.75, 3.05) is 13.1 Å². The van der Waals surface area contributed by atoms with E-state index in [4.69, 9.17) is 0 Å². The number of benzene rings is 3. The molecule has 194 valence electrons. The maximum absolute atomic E-state index is 14.0. The molecule has 1 aliphatic carbocycles. The van der Waals surface area contributed by atoms with Crippen molar-refractivity contribution < 1.29 is 9.59 Å². The number of hydrogen-bond acceptors (Lipinski definition) is 3. The van der Waals surface area contributed by atoms with Crippen molar-refractivity contribution >= 4 is 22.7 Å². The first kappa shape index (κ1) is 24.4. The van der Waals surface area contributed by atoms with Crippen molar-refractivity contribution in [3.8, 4) is 0 Å². The molecule has 1 saturated heterocycles. The smallest absolute Gasteiger partial charge is 0.243 e. The van der Waals surface area contributed by atoms with Crippen LogP contribution in [0.15, 0.2) is 85.1 Å². The molecule has 4 N–H and O–H groups in total. The summed E-state index contributed by atoms with van der Waals surface area (Å²) in [5, 5.41) is 10.8. The topological polar surface area (TPSA) is 86.0 Å². The Morgan fingerprint density at radius 3 is 2.50 bits per heavy atom. The van der Waals surface area contributed by atoms with Crippen LogP contribution in [0.4, 0.5) is 0 Å². The van der Waals surface area contributed by atoms with Gasteiger partial charge in [-0.15, -0.1) is 0 Å². The molecule has 2 heterocycles. The van der Waals surface area contributed by atoms with Crippen LogP contribution in [0.5, 0.6) is 0 Å². The van der Waals surface area contributed by atoms with Gasteiger partial charge in [-0.1, -0.05) is 72.8 Å². The van der Waals surface area contributed by atoms with Gasteiger partial charge in [-0.25, -0.2) is 0 Å². The maximum Gasteiger partial charge on any atom is 0.243 e. The van der Waals surface area contributed by atoms with Gasteiger partial charge in [0.1, 0.15) is 6.04 Å². The fraction of sp³-hybridized carbons (Fsp3) is 0.312. The molecular weight excluding hydrogens is 472 g/mol. The molecule has 2 amide bonds. The predicted molar refractivity (Wildman–Crippen MR) is 150 cm³/mol. The molecule has 0 bridgehead atoms. The van der Waals surface area contributed by atoms with Gasteiger partial charge in [0.05, 0.1) is 5.92 Å². The zero-order valence-electron chi connectivity index (χ0n) is 21.5. The first-order chi connectivity index (χ1) is 18.6. The van der Waals surface area contributed by atoms with Crippen LogP contribution in [0.3, 0.4) is 0 Å². The molecule has 1 aromatic heterocycles. The van der Waals surface area contributed by atoms with E-state index in [0.717, 1.165) is 48.0 Å². The molecule has 2 atom stereocenters. The van der Waals surface area contributed by atoms with Crippen LogP contribution in [-0.4, -0.2) is 35.9 Å². The highest BCUT2D eigenvalue weighted by molar-refractivity contribution is 5.91. The van der Waals surface area contributed by atoms with E-state index in [0.29, 0.717) is 19.4 Å². The number of amides is 2. The van der Waals surface area contributed by atoms with E-state index in [1.807, 2.05) is 54.7 Å². The number of hydrogen-bond donors (Lipinski definition) is 4. The summed E-state index contributed by atoms with van der Waals surface area (Å²) in [5.74, 6) is -0.375. The highest BCUT2D eigenvalue weighted by Crippen LogP contribution is 2.49. The lowest BCUT2D eigenvalue weighted by Crippen LogP contribution is -2.54. The van der Waals surface area contributed by atoms with Crippen LogP contribution in [0.25, 0.3) is 10.9 Å². The van der Waals surface area contributed by atoms with Gasteiger partial charge in [0.2, 0.25) is 11.8 Å². The molecule has 6 rings (SSSR count). The summed E-state index contributed by atoms with van der Waals surface area (Å²) >= 11 is 0. The van der Waals surface area contributed by atoms with E-state index >= 15 is 0 Å². The highest BCUT2D eigenvalue weighted by atomic mass is 16.2. The van der Waals surface area contributed by atoms with E-state index in [-0.39, 0.29) is 23.1 Å². The first-order valence-corrected chi connectivity index (χ1v) is 13.6. The fourth-order valence-electron chi connectivity index (χ4n) is 6.53. The second kappa shape index (κ2) is 10.5. The summed E-state index contributed by atoms with van der Waals surface area (Å²) in [7, 11) is 0. The Balaban J connectivity index is 1.26. The number of rotatable bonds is 7. The maximum atomic E-state index is 14.0. The van der Waals surface area contributed by atoms with Crippen molar-refractivity contribution in [2.45, 2.75) is 43.7 Å². The SMILES string of the molecule is O=C(N[C@@H](Cc1c[nH]c2ccccc12)C(=O)NCc1ccccc1)C1Cc2ccccc2C12CCNCC2. The molecule has 6 nitrogen and oxygen atoms in total. The minimum atomic E-state index is -0.673. The molecule has 0 radical (unpaired) electrons. The number of nitrogens with one attached hydrogen (secondary N) is 4. The molecule has 3 aromatic carbocycles. The van der Waals surface area contributed by atoms with Gasteiger partial charge in [-0.2, -0.15) is 0 Å². The Hall–Kier alpha value is -3.90. The van der Waals surface area contributed by atoms with Gasteiger partial charge >= 0.3 is 0 Å². The predicted octanol–water partition coefficient (Wildman–Crippen LogP) is 4.01. The average molecular weight is 507 g/mol. The molecule has 1 aliphatic heterocycles.